The lowest BCUT2D eigenvalue weighted by Gasteiger charge is -2.13. The molecular formula is C9H22N2O2. The summed E-state index contributed by atoms with van der Waals surface area (Å²) in [7, 11) is 3.29. The number of methoxy groups -OCH3 is 2. The Morgan fingerprint density at radius 2 is 1.85 bits per heavy atom. The predicted molar refractivity (Wildman–Crippen MR) is 53.6 cm³/mol. The fourth-order valence-corrected chi connectivity index (χ4v) is 1.05. The van der Waals surface area contributed by atoms with Crippen LogP contribution in [0.3, 0.4) is 0 Å². The maximum atomic E-state index is 5.37. The average Bonchev–Trinajstić information content (AvgIpc) is 2.17. The Labute approximate surface area is 80.8 Å². The summed E-state index contributed by atoms with van der Waals surface area (Å²) >= 11 is 0. The summed E-state index contributed by atoms with van der Waals surface area (Å²) in [6.45, 7) is 2.54. The van der Waals surface area contributed by atoms with E-state index >= 15 is 0 Å². The zero-order chi connectivity index (χ0) is 9.94. The molecule has 0 amide bonds. The first-order valence-corrected chi connectivity index (χ1v) is 4.81. The van der Waals surface area contributed by atoms with Crippen LogP contribution in [-0.4, -0.2) is 40.1 Å². The molecule has 0 heterocycles. The molecule has 0 spiro atoms. The Balaban J connectivity index is 3.05. The van der Waals surface area contributed by atoms with Crippen LogP contribution in [-0.2, 0) is 9.47 Å². The first kappa shape index (κ1) is 12.8. The highest BCUT2D eigenvalue weighted by Gasteiger charge is 2.02. The van der Waals surface area contributed by atoms with E-state index in [0.717, 1.165) is 32.5 Å². The second-order valence-corrected chi connectivity index (χ2v) is 2.95. The van der Waals surface area contributed by atoms with Crippen molar-refractivity contribution < 1.29 is 9.47 Å². The zero-order valence-corrected chi connectivity index (χ0v) is 8.71. The van der Waals surface area contributed by atoms with Gasteiger partial charge in [-0.3, -0.25) is 0 Å². The van der Waals surface area contributed by atoms with Gasteiger partial charge in [-0.15, -0.1) is 0 Å². The van der Waals surface area contributed by atoms with E-state index in [9.17, 15) is 0 Å². The van der Waals surface area contributed by atoms with Crippen LogP contribution in [0, 0.1) is 0 Å². The minimum Gasteiger partial charge on any atom is -0.355 e. The molecule has 0 saturated heterocycles. The van der Waals surface area contributed by atoms with Crippen molar-refractivity contribution in [2.75, 3.05) is 33.9 Å². The largest absolute Gasteiger partial charge is 0.355 e. The van der Waals surface area contributed by atoms with Gasteiger partial charge >= 0.3 is 0 Å². The summed E-state index contributed by atoms with van der Waals surface area (Å²) in [5.41, 5.74) is 5.37. The van der Waals surface area contributed by atoms with E-state index in [2.05, 4.69) is 5.32 Å². The van der Waals surface area contributed by atoms with Crippen LogP contribution in [0.5, 0.6) is 0 Å². The molecule has 0 aromatic carbocycles. The van der Waals surface area contributed by atoms with Gasteiger partial charge in [0.25, 0.3) is 0 Å². The molecule has 4 heteroatoms. The summed E-state index contributed by atoms with van der Waals surface area (Å²) in [4.78, 5) is 0. The molecule has 0 aliphatic rings. The lowest BCUT2D eigenvalue weighted by atomic mass is 10.2. The standard InChI is InChI=1S/C9H22N2O2/c1-12-9(13-2)8-11-7-5-3-4-6-10/h9,11H,3-8,10H2,1-2H3. The van der Waals surface area contributed by atoms with Crippen molar-refractivity contribution in [3.05, 3.63) is 0 Å². The van der Waals surface area contributed by atoms with Gasteiger partial charge in [0.15, 0.2) is 6.29 Å². The van der Waals surface area contributed by atoms with E-state index in [0.29, 0.717) is 0 Å². The number of ether oxygens (including phenoxy) is 2. The summed E-state index contributed by atoms with van der Waals surface area (Å²) < 4.78 is 10.0. The first-order valence-electron chi connectivity index (χ1n) is 4.81. The third-order valence-corrected chi connectivity index (χ3v) is 1.89. The van der Waals surface area contributed by atoms with Gasteiger partial charge in [0.1, 0.15) is 0 Å². The Morgan fingerprint density at radius 3 is 2.38 bits per heavy atom. The third kappa shape index (κ3) is 8.18. The Bertz CT molecular complexity index is 97.6. The number of nitrogens with one attached hydrogen (secondary N) is 1. The van der Waals surface area contributed by atoms with Crippen molar-refractivity contribution in [3.63, 3.8) is 0 Å². The van der Waals surface area contributed by atoms with Crippen molar-refractivity contribution in [3.8, 4) is 0 Å². The van der Waals surface area contributed by atoms with Crippen LogP contribution in [0.25, 0.3) is 0 Å². The minimum absolute atomic E-state index is 0.130. The van der Waals surface area contributed by atoms with Gasteiger partial charge in [-0.25, -0.2) is 0 Å². The zero-order valence-electron chi connectivity index (χ0n) is 8.71. The fourth-order valence-electron chi connectivity index (χ4n) is 1.05. The van der Waals surface area contributed by atoms with Gasteiger partial charge in [0.05, 0.1) is 0 Å². The summed E-state index contributed by atoms with van der Waals surface area (Å²) in [6, 6.07) is 0. The van der Waals surface area contributed by atoms with Crippen LogP contribution in [0.2, 0.25) is 0 Å². The summed E-state index contributed by atoms with van der Waals surface area (Å²) in [6.07, 6.45) is 3.33. The van der Waals surface area contributed by atoms with E-state index < -0.39 is 0 Å². The Morgan fingerprint density at radius 1 is 1.15 bits per heavy atom. The highest BCUT2D eigenvalue weighted by molar-refractivity contribution is 4.51. The molecule has 0 unspecified atom stereocenters. The molecule has 0 aliphatic heterocycles. The number of hydrogen-bond donors (Lipinski definition) is 2. The molecule has 0 atom stereocenters. The molecule has 13 heavy (non-hydrogen) atoms. The number of hydrogen-bond acceptors (Lipinski definition) is 4. The molecule has 4 nitrogen and oxygen atoms in total. The van der Waals surface area contributed by atoms with E-state index in [1.165, 1.54) is 6.42 Å². The van der Waals surface area contributed by atoms with Gasteiger partial charge in [0.2, 0.25) is 0 Å². The molecule has 0 rings (SSSR count). The number of rotatable bonds is 9. The van der Waals surface area contributed by atoms with E-state index in [4.69, 9.17) is 15.2 Å². The topological polar surface area (TPSA) is 56.5 Å². The van der Waals surface area contributed by atoms with Crippen LogP contribution in [0.1, 0.15) is 19.3 Å². The van der Waals surface area contributed by atoms with Gasteiger partial charge in [-0.05, 0) is 25.9 Å². The normalized spacial score (nSPS) is 11.1. The number of unbranched alkanes of at least 4 members (excludes halogenated alkanes) is 2. The molecule has 0 fully saturated rings. The van der Waals surface area contributed by atoms with Gasteiger partial charge in [0, 0.05) is 20.8 Å². The quantitative estimate of drug-likeness (QED) is 0.406. The molecule has 3 N–H and O–H groups in total. The minimum atomic E-state index is -0.130. The smallest absolute Gasteiger partial charge is 0.169 e. The second-order valence-electron chi connectivity index (χ2n) is 2.95. The third-order valence-electron chi connectivity index (χ3n) is 1.89. The average molecular weight is 190 g/mol. The van der Waals surface area contributed by atoms with Crippen LogP contribution in [0.15, 0.2) is 0 Å². The number of nitrogens with two attached hydrogens (primary N) is 1. The van der Waals surface area contributed by atoms with Crippen molar-refractivity contribution in [1.82, 2.24) is 5.32 Å². The lowest BCUT2D eigenvalue weighted by molar-refractivity contribution is -0.0986. The molecule has 0 saturated carbocycles. The van der Waals surface area contributed by atoms with E-state index in [-0.39, 0.29) is 6.29 Å². The molecular weight excluding hydrogens is 168 g/mol. The SMILES string of the molecule is COC(CNCCCCCN)OC. The van der Waals surface area contributed by atoms with Crippen molar-refractivity contribution in [1.29, 1.82) is 0 Å². The van der Waals surface area contributed by atoms with Gasteiger partial charge < -0.3 is 20.5 Å². The van der Waals surface area contributed by atoms with E-state index in [1.807, 2.05) is 0 Å². The van der Waals surface area contributed by atoms with Crippen molar-refractivity contribution >= 4 is 0 Å². The van der Waals surface area contributed by atoms with Gasteiger partial charge in [-0.1, -0.05) is 6.42 Å². The highest BCUT2D eigenvalue weighted by atomic mass is 16.7. The first-order chi connectivity index (χ1) is 6.35. The fraction of sp³-hybridized carbons (Fsp3) is 1.00. The molecule has 0 aromatic rings. The molecule has 0 radical (unpaired) electrons. The summed E-state index contributed by atoms with van der Waals surface area (Å²) in [5, 5.41) is 3.26. The Kier molecular flexibility index (Phi) is 9.80. The lowest BCUT2D eigenvalue weighted by Crippen LogP contribution is -2.30. The molecule has 0 bridgehead atoms. The van der Waals surface area contributed by atoms with Crippen molar-refractivity contribution in [2.24, 2.45) is 5.73 Å². The predicted octanol–water partition coefficient (Wildman–Crippen LogP) is 0.324. The highest BCUT2D eigenvalue weighted by Crippen LogP contribution is 1.92. The van der Waals surface area contributed by atoms with Crippen LogP contribution >= 0.6 is 0 Å². The maximum absolute atomic E-state index is 5.37. The Hall–Kier alpha value is -0.160. The molecule has 0 aromatic heterocycles. The van der Waals surface area contributed by atoms with Crippen molar-refractivity contribution in [2.45, 2.75) is 25.6 Å². The van der Waals surface area contributed by atoms with E-state index in [1.54, 1.807) is 14.2 Å². The summed E-state index contributed by atoms with van der Waals surface area (Å²) in [5.74, 6) is 0. The maximum Gasteiger partial charge on any atom is 0.169 e. The second kappa shape index (κ2) is 9.92. The van der Waals surface area contributed by atoms with Crippen LogP contribution in [0.4, 0.5) is 0 Å². The molecule has 80 valence electrons. The van der Waals surface area contributed by atoms with Gasteiger partial charge in [-0.2, -0.15) is 0 Å². The molecule has 0 aliphatic carbocycles. The van der Waals surface area contributed by atoms with Crippen LogP contribution < -0.4 is 11.1 Å². The monoisotopic (exact) mass is 190 g/mol.